The van der Waals surface area contributed by atoms with Gasteiger partial charge in [0.2, 0.25) is 11.8 Å². The van der Waals surface area contributed by atoms with Crippen LogP contribution in [0.3, 0.4) is 0 Å². The van der Waals surface area contributed by atoms with Crippen molar-refractivity contribution in [1.82, 2.24) is 9.55 Å². The molecular formula is C22H24N4O3. The third-order valence-electron chi connectivity index (χ3n) is 4.52. The first-order chi connectivity index (χ1) is 14.0. The SMILES string of the molecule is CC(=O)Nc1ccc(NC(=O)CCCCCn2cnc3ccccc3c2=O)cc1. The quantitative estimate of drug-likeness (QED) is 0.573. The molecule has 0 unspecified atom stereocenters. The molecule has 1 heterocycles. The largest absolute Gasteiger partial charge is 0.326 e. The van der Waals surface area contributed by atoms with Crippen LogP contribution in [0.1, 0.15) is 32.6 Å². The molecule has 2 amide bonds. The molecule has 2 aromatic carbocycles. The molecule has 3 aromatic rings. The van der Waals surface area contributed by atoms with E-state index in [4.69, 9.17) is 0 Å². The monoisotopic (exact) mass is 392 g/mol. The summed E-state index contributed by atoms with van der Waals surface area (Å²) in [5.41, 5.74) is 2.05. The van der Waals surface area contributed by atoms with Crippen LogP contribution in [0.15, 0.2) is 59.7 Å². The van der Waals surface area contributed by atoms with Gasteiger partial charge in [0.25, 0.3) is 5.56 Å². The van der Waals surface area contributed by atoms with E-state index >= 15 is 0 Å². The van der Waals surface area contributed by atoms with Crippen molar-refractivity contribution in [2.24, 2.45) is 0 Å². The number of unbranched alkanes of at least 4 members (excludes halogenated alkanes) is 2. The summed E-state index contributed by atoms with van der Waals surface area (Å²) in [4.78, 5) is 39.8. The van der Waals surface area contributed by atoms with Gasteiger partial charge in [0.05, 0.1) is 17.2 Å². The van der Waals surface area contributed by atoms with Crippen LogP contribution in [0.25, 0.3) is 10.9 Å². The van der Waals surface area contributed by atoms with Crippen molar-refractivity contribution in [3.05, 3.63) is 65.2 Å². The summed E-state index contributed by atoms with van der Waals surface area (Å²) in [6.45, 7) is 2.03. The van der Waals surface area contributed by atoms with Gasteiger partial charge in [0.15, 0.2) is 0 Å². The van der Waals surface area contributed by atoms with Gasteiger partial charge < -0.3 is 10.6 Å². The number of para-hydroxylation sites is 1. The van der Waals surface area contributed by atoms with E-state index in [0.29, 0.717) is 35.2 Å². The lowest BCUT2D eigenvalue weighted by Gasteiger charge is -2.08. The van der Waals surface area contributed by atoms with E-state index in [1.165, 1.54) is 6.92 Å². The number of anilines is 2. The Morgan fingerprint density at radius 1 is 0.931 bits per heavy atom. The Balaban J connectivity index is 1.40. The lowest BCUT2D eigenvalue weighted by Crippen LogP contribution is -2.20. The molecule has 0 aliphatic rings. The van der Waals surface area contributed by atoms with E-state index in [1.54, 1.807) is 41.2 Å². The number of benzene rings is 2. The number of nitrogens with zero attached hydrogens (tertiary/aromatic N) is 2. The van der Waals surface area contributed by atoms with Crippen molar-refractivity contribution in [1.29, 1.82) is 0 Å². The van der Waals surface area contributed by atoms with Crippen LogP contribution in [-0.2, 0) is 16.1 Å². The smallest absolute Gasteiger partial charge is 0.261 e. The number of fused-ring (bicyclic) bond motifs is 1. The molecule has 29 heavy (non-hydrogen) atoms. The van der Waals surface area contributed by atoms with Crippen LogP contribution in [0.5, 0.6) is 0 Å². The molecule has 0 atom stereocenters. The summed E-state index contributed by atoms with van der Waals surface area (Å²) >= 11 is 0. The predicted molar refractivity (Wildman–Crippen MR) is 114 cm³/mol. The first-order valence-corrected chi connectivity index (χ1v) is 9.64. The Hall–Kier alpha value is -3.48. The minimum Gasteiger partial charge on any atom is -0.326 e. The molecule has 1 aromatic heterocycles. The number of aromatic nitrogens is 2. The second-order valence-electron chi connectivity index (χ2n) is 6.88. The molecule has 7 heteroatoms. The molecule has 150 valence electrons. The van der Waals surface area contributed by atoms with Crippen LogP contribution in [0, 0.1) is 0 Å². The molecule has 2 N–H and O–H groups in total. The van der Waals surface area contributed by atoms with Gasteiger partial charge in [-0.3, -0.25) is 19.0 Å². The van der Waals surface area contributed by atoms with E-state index in [1.807, 2.05) is 18.2 Å². The van der Waals surface area contributed by atoms with Crippen LogP contribution >= 0.6 is 0 Å². The van der Waals surface area contributed by atoms with Crippen molar-refractivity contribution in [2.45, 2.75) is 39.2 Å². The van der Waals surface area contributed by atoms with E-state index < -0.39 is 0 Å². The molecule has 0 spiro atoms. The van der Waals surface area contributed by atoms with Gasteiger partial charge in [0.1, 0.15) is 0 Å². The summed E-state index contributed by atoms with van der Waals surface area (Å²) in [7, 11) is 0. The fraction of sp³-hybridized carbons (Fsp3) is 0.273. The molecule has 7 nitrogen and oxygen atoms in total. The van der Waals surface area contributed by atoms with Crippen molar-refractivity contribution in [2.75, 3.05) is 10.6 Å². The maximum Gasteiger partial charge on any atom is 0.261 e. The molecule has 0 aliphatic carbocycles. The summed E-state index contributed by atoms with van der Waals surface area (Å²) in [5, 5.41) is 6.15. The number of carbonyl (C=O) groups is 2. The highest BCUT2D eigenvalue weighted by Crippen LogP contribution is 2.14. The van der Waals surface area contributed by atoms with E-state index in [0.717, 1.165) is 19.3 Å². The maximum atomic E-state index is 12.4. The van der Waals surface area contributed by atoms with Gasteiger partial charge in [-0.05, 0) is 49.2 Å². The third-order valence-corrected chi connectivity index (χ3v) is 4.52. The van der Waals surface area contributed by atoms with Gasteiger partial charge in [0, 0.05) is 31.3 Å². The molecule has 0 bridgehead atoms. The maximum absolute atomic E-state index is 12.4. The second kappa shape index (κ2) is 9.64. The highest BCUT2D eigenvalue weighted by molar-refractivity contribution is 5.92. The van der Waals surface area contributed by atoms with Gasteiger partial charge in [-0.15, -0.1) is 0 Å². The summed E-state index contributed by atoms with van der Waals surface area (Å²) < 4.78 is 1.62. The summed E-state index contributed by atoms with van der Waals surface area (Å²) in [6.07, 6.45) is 4.39. The van der Waals surface area contributed by atoms with Gasteiger partial charge in [-0.1, -0.05) is 18.6 Å². The first kappa shape index (κ1) is 20.3. The standard InChI is InChI=1S/C22H24N4O3/c1-16(27)24-17-10-12-18(13-11-17)25-21(28)9-3-2-6-14-26-15-23-20-8-5-4-7-19(20)22(26)29/h4-5,7-8,10-13,15H,2-3,6,9,14H2,1H3,(H,24,27)(H,25,28). The number of amides is 2. The lowest BCUT2D eigenvalue weighted by molar-refractivity contribution is -0.116. The first-order valence-electron chi connectivity index (χ1n) is 9.64. The van der Waals surface area contributed by atoms with Crippen LogP contribution < -0.4 is 16.2 Å². The minimum atomic E-state index is -0.136. The molecule has 3 rings (SSSR count). The second-order valence-corrected chi connectivity index (χ2v) is 6.88. The molecular weight excluding hydrogens is 368 g/mol. The van der Waals surface area contributed by atoms with Crippen LogP contribution in [0.4, 0.5) is 11.4 Å². The Morgan fingerprint density at radius 3 is 2.34 bits per heavy atom. The summed E-state index contributed by atoms with van der Waals surface area (Å²) in [6, 6.07) is 14.3. The number of carbonyl (C=O) groups excluding carboxylic acids is 2. The fourth-order valence-corrected chi connectivity index (χ4v) is 3.07. The number of nitrogens with one attached hydrogen (secondary N) is 2. The third kappa shape index (κ3) is 5.75. The summed E-state index contributed by atoms with van der Waals surface area (Å²) in [5.74, 6) is -0.190. The average molecular weight is 392 g/mol. The van der Waals surface area contributed by atoms with E-state index in [2.05, 4.69) is 15.6 Å². The molecule has 0 radical (unpaired) electrons. The number of hydrogen-bond donors (Lipinski definition) is 2. The Bertz CT molecular complexity index is 1060. The molecule has 0 saturated heterocycles. The van der Waals surface area contributed by atoms with Crippen molar-refractivity contribution >= 4 is 34.1 Å². The zero-order chi connectivity index (χ0) is 20.6. The topological polar surface area (TPSA) is 93.1 Å². The zero-order valence-electron chi connectivity index (χ0n) is 16.4. The van der Waals surface area contributed by atoms with Crippen LogP contribution in [0.2, 0.25) is 0 Å². The van der Waals surface area contributed by atoms with Gasteiger partial charge in [-0.25, -0.2) is 4.98 Å². The number of rotatable bonds is 8. The Kier molecular flexibility index (Phi) is 6.73. The normalized spacial score (nSPS) is 10.7. The highest BCUT2D eigenvalue weighted by Gasteiger charge is 2.05. The number of hydrogen-bond acceptors (Lipinski definition) is 4. The molecule has 0 aliphatic heterocycles. The van der Waals surface area contributed by atoms with E-state index in [-0.39, 0.29) is 17.4 Å². The van der Waals surface area contributed by atoms with E-state index in [9.17, 15) is 14.4 Å². The van der Waals surface area contributed by atoms with Crippen molar-refractivity contribution in [3.8, 4) is 0 Å². The fourth-order valence-electron chi connectivity index (χ4n) is 3.07. The minimum absolute atomic E-state index is 0.0314. The number of aryl methyl sites for hydroxylation is 1. The van der Waals surface area contributed by atoms with Crippen molar-refractivity contribution in [3.63, 3.8) is 0 Å². The Labute approximate surface area is 168 Å². The predicted octanol–water partition coefficient (Wildman–Crippen LogP) is 3.55. The molecule has 0 fully saturated rings. The average Bonchev–Trinajstić information content (AvgIpc) is 2.70. The molecule has 0 saturated carbocycles. The van der Waals surface area contributed by atoms with Gasteiger partial charge in [-0.2, -0.15) is 0 Å². The van der Waals surface area contributed by atoms with Gasteiger partial charge >= 0.3 is 0 Å². The highest BCUT2D eigenvalue weighted by atomic mass is 16.2. The van der Waals surface area contributed by atoms with Crippen LogP contribution in [-0.4, -0.2) is 21.4 Å². The zero-order valence-corrected chi connectivity index (χ0v) is 16.4. The Morgan fingerprint density at radius 2 is 1.62 bits per heavy atom. The van der Waals surface area contributed by atoms with Crippen molar-refractivity contribution < 1.29 is 9.59 Å². The lowest BCUT2D eigenvalue weighted by atomic mass is 10.1.